The number of carbonyl (C=O) groups excluding carboxylic acids is 1. The Morgan fingerprint density at radius 2 is 2.00 bits per heavy atom. The number of Topliss-reactive ketones (excluding diaryl/α,β-unsaturated/α-hetero) is 1. The summed E-state index contributed by atoms with van der Waals surface area (Å²) < 4.78 is 5.70. The van der Waals surface area contributed by atoms with Crippen molar-refractivity contribution in [2.75, 3.05) is 13.2 Å². The SMILES string of the molecule is CC(=O)c1ccccc1OCC(O)CNC(c1cccs1)C1CCCC1.Cl. The van der Waals surface area contributed by atoms with Crippen LogP contribution in [-0.4, -0.2) is 30.1 Å². The average molecular weight is 410 g/mol. The predicted octanol–water partition coefficient (Wildman–Crippen LogP) is 4.63. The number of aliphatic hydroxyl groups is 1. The molecule has 2 atom stereocenters. The number of ether oxygens (including phenoxy) is 1. The Kier molecular flexibility index (Phi) is 8.77. The molecule has 2 aromatic rings. The van der Waals surface area contributed by atoms with Gasteiger partial charge in [-0.1, -0.05) is 31.0 Å². The van der Waals surface area contributed by atoms with Crippen LogP contribution in [0.1, 0.15) is 53.9 Å². The first-order valence-corrected chi connectivity index (χ1v) is 10.2. The lowest BCUT2D eigenvalue weighted by Gasteiger charge is -2.25. The summed E-state index contributed by atoms with van der Waals surface area (Å²) in [7, 11) is 0. The van der Waals surface area contributed by atoms with Gasteiger partial charge in [0.05, 0.1) is 5.56 Å². The molecule has 0 aliphatic heterocycles. The summed E-state index contributed by atoms with van der Waals surface area (Å²) >= 11 is 1.77. The van der Waals surface area contributed by atoms with Crippen LogP contribution in [0.3, 0.4) is 0 Å². The van der Waals surface area contributed by atoms with Crippen molar-refractivity contribution in [1.82, 2.24) is 5.32 Å². The molecule has 1 aromatic heterocycles. The van der Waals surface area contributed by atoms with Gasteiger partial charge in [0.25, 0.3) is 0 Å². The molecule has 1 heterocycles. The Hall–Kier alpha value is -1.40. The third-order valence-corrected chi connectivity index (χ3v) is 5.95. The van der Waals surface area contributed by atoms with E-state index in [1.807, 2.05) is 12.1 Å². The number of hydrogen-bond donors (Lipinski definition) is 2. The van der Waals surface area contributed by atoms with E-state index in [1.54, 1.807) is 23.5 Å². The van der Waals surface area contributed by atoms with Crippen molar-refractivity contribution in [3.63, 3.8) is 0 Å². The molecule has 0 saturated heterocycles. The number of rotatable bonds is 9. The molecule has 0 amide bonds. The topological polar surface area (TPSA) is 58.6 Å². The minimum absolute atomic E-state index is 0. The van der Waals surface area contributed by atoms with E-state index >= 15 is 0 Å². The van der Waals surface area contributed by atoms with Crippen molar-refractivity contribution in [1.29, 1.82) is 0 Å². The van der Waals surface area contributed by atoms with E-state index in [0.29, 0.717) is 29.8 Å². The number of carbonyl (C=O) groups is 1. The monoisotopic (exact) mass is 409 g/mol. The highest BCUT2D eigenvalue weighted by Gasteiger charge is 2.27. The highest BCUT2D eigenvalue weighted by atomic mass is 35.5. The molecule has 1 fully saturated rings. The first-order valence-electron chi connectivity index (χ1n) is 9.32. The van der Waals surface area contributed by atoms with Crippen LogP contribution in [0, 0.1) is 5.92 Å². The average Bonchev–Trinajstić information content (AvgIpc) is 3.35. The van der Waals surface area contributed by atoms with Gasteiger partial charge in [0.1, 0.15) is 18.5 Å². The van der Waals surface area contributed by atoms with Crippen LogP contribution in [0.5, 0.6) is 5.75 Å². The maximum Gasteiger partial charge on any atom is 0.163 e. The predicted molar refractivity (Wildman–Crippen MR) is 112 cm³/mol. The minimum atomic E-state index is -0.626. The number of para-hydroxylation sites is 1. The van der Waals surface area contributed by atoms with Crippen LogP contribution in [-0.2, 0) is 0 Å². The maximum atomic E-state index is 11.7. The van der Waals surface area contributed by atoms with Crippen LogP contribution in [0.4, 0.5) is 0 Å². The van der Waals surface area contributed by atoms with Gasteiger partial charge in [0.15, 0.2) is 5.78 Å². The van der Waals surface area contributed by atoms with Gasteiger partial charge >= 0.3 is 0 Å². The van der Waals surface area contributed by atoms with Crippen molar-refractivity contribution < 1.29 is 14.6 Å². The molecule has 1 aliphatic rings. The number of benzene rings is 1. The summed E-state index contributed by atoms with van der Waals surface area (Å²) in [5, 5.41) is 16.0. The molecule has 3 rings (SSSR count). The molecule has 148 valence electrons. The third-order valence-electron chi connectivity index (χ3n) is 4.99. The van der Waals surface area contributed by atoms with Gasteiger partial charge in [-0.25, -0.2) is 0 Å². The fourth-order valence-electron chi connectivity index (χ4n) is 3.65. The normalized spacial score (nSPS) is 16.5. The molecular weight excluding hydrogens is 382 g/mol. The first kappa shape index (κ1) is 21.9. The van der Waals surface area contributed by atoms with Gasteiger partial charge < -0.3 is 15.2 Å². The Balaban J connectivity index is 0.00000261. The van der Waals surface area contributed by atoms with E-state index in [9.17, 15) is 9.90 Å². The Morgan fingerprint density at radius 3 is 2.67 bits per heavy atom. The molecule has 27 heavy (non-hydrogen) atoms. The molecule has 4 nitrogen and oxygen atoms in total. The molecule has 0 bridgehead atoms. The van der Waals surface area contributed by atoms with Gasteiger partial charge in [-0.15, -0.1) is 23.7 Å². The first-order chi connectivity index (χ1) is 12.6. The highest BCUT2D eigenvalue weighted by molar-refractivity contribution is 7.10. The smallest absolute Gasteiger partial charge is 0.163 e. The number of ketones is 1. The van der Waals surface area contributed by atoms with Gasteiger partial charge in [-0.2, -0.15) is 0 Å². The van der Waals surface area contributed by atoms with Crippen molar-refractivity contribution in [3.8, 4) is 5.75 Å². The highest BCUT2D eigenvalue weighted by Crippen LogP contribution is 2.37. The molecule has 0 spiro atoms. The summed E-state index contributed by atoms with van der Waals surface area (Å²) in [5.74, 6) is 1.14. The molecular formula is C21H28ClNO3S. The third kappa shape index (κ3) is 6.04. The standard InChI is InChI=1S/C21H27NO3S.ClH/c1-15(23)18-9-4-5-10-19(18)25-14-17(24)13-22-21(16-7-2-3-8-16)20-11-6-12-26-20;/h4-6,9-12,16-17,21-22,24H,2-3,7-8,13-14H2,1H3;1H. The van der Waals surface area contributed by atoms with E-state index in [2.05, 4.69) is 22.8 Å². The van der Waals surface area contributed by atoms with Crippen LogP contribution in [0.25, 0.3) is 0 Å². The maximum absolute atomic E-state index is 11.7. The summed E-state index contributed by atoms with van der Waals surface area (Å²) in [4.78, 5) is 13.0. The lowest BCUT2D eigenvalue weighted by molar-refractivity contribution is 0.0953. The van der Waals surface area contributed by atoms with Crippen LogP contribution < -0.4 is 10.1 Å². The molecule has 2 N–H and O–H groups in total. The number of aliphatic hydroxyl groups excluding tert-OH is 1. The van der Waals surface area contributed by atoms with Crippen molar-refractivity contribution in [2.24, 2.45) is 5.92 Å². The molecule has 2 unspecified atom stereocenters. The summed E-state index contributed by atoms with van der Waals surface area (Å²) in [6.45, 7) is 2.16. The summed E-state index contributed by atoms with van der Waals surface area (Å²) in [6, 6.07) is 11.7. The number of halogens is 1. The lowest BCUT2D eigenvalue weighted by Crippen LogP contribution is -2.36. The fourth-order valence-corrected chi connectivity index (χ4v) is 4.54. The van der Waals surface area contributed by atoms with Gasteiger partial charge in [-0.05, 0) is 49.3 Å². The van der Waals surface area contributed by atoms with Crippen molar-refractivity contribution in [2.45, 2.75) is 44.8 Å². The zero-order chi connectivity index (χ0) is 18.4. The van der Waals surface area contributed by atoms with E-state index in [4.69, 9.17) is 4.74 Å². The molecule has 1 aromatic carbocycles. The summed E-state index contributed by atoms with van der Waals surface area (Å²) in [6.07, 6.45) is 4.45. The lowest BCUT2D eigenvalue weighted by atomic mass is 9.96. The number of nitrogens with one attached hydrogen (secondary N) is 1. The van der Waals surface area contributed by atoms with Crippen molar-refractivity contribution >= 4 is 29.5 Å². The molecule has 0 radical (unpaired) electrons. The quantitative estimate of drug-likeness (QED) is 0.592. The second-order valence-corrected chi connectivity index (χ2v) is 7.94. The fraction of sp³-hybridized carbons (Fsp3) is 0.476. The van der Waals surface area contributed by atoms with Crippen molar-refractivity contribution in [3.05, 3.63) is 52.2 Å². The van der Waals surface area contributed by atoms with E-state index in [0.717, 1.165) is 0 Å². The zero-order valence-corrected chi connectivity index (χ0v) is 17.2. The second kappa shape index (κ2) is 10.8. The number of hydrogen-bond acceptors (Lipinski definition) is 5. The molecule has 1 aliphatic carbocycles. The molecule has 6 heteroatoms. The van der Waals surface area contributed by atoms with E-state index in [1.165, 1.54) is 37.5 Å². The summed E-state index contributed by atoms with van der Waals surface area (Å²) in [5.41, 5.74) is 0.551. The second-order valence-electron chi connectivity index (χ2n) is 6.96. The Morgan fingerprint density at radius 1 is 1.26 bits per heavy atom. The Labute approximate surface area is 171 Å². The Bertz CT molecular complexity index is 701. The van der Waals surface area contributed by atoms with Gasteiger partial charge in [0, 0.05) is 17.5 Å². The number of thiophene rings is 1. The van der Waals surface area contributed by atoms with E-state index < -0.39 is 6.10 Å². The zero-order valence-electron chi connectivity index (χ0n) is 15.6. The molecule has 1 saturated carbocycles. The van der Waals surface area contributed by atoms with Crippen LogP contribution in [0.2, 0.25) is 0 Å². The van der Waals surface area contributed by atoms with Crippen LogP contribution >= 0.6 is 23.7 Å². The van der Waals surface area contributed by atoms with Gasteiger partial charge in [0.2, 0.25) is 0 Å². The van der Waals surface area contributed by atoms with Crippen LogP contribution in [0.15, 0.2) is 41.8 Å². The van der Waals surface area contributed by atoms with Gasteiger partial charge in [-0.3, -0.25) is 4.79 Å². The largest absolute Gasteiger partial charge is 0.490 e. The van der Waals surface area contributed by atoms with E-state index in [-0.39, 0.29) is 24.8 Å². The minimum Gasteiger partial charge on any atom is -0.490 e.